The first-order valence-corrected chi connectivity index (χ1v) is 11.4. The van der Waals surface area contributed by atoms with Crippen LogP contribution in [0.1, 0.15) is 25.7 Å². The molecule has 2 aliphatic carbocycles. The molecule has 2 fully saturated rings. The summed E-state index contributed by atoms with van der Waals surface area (Å²) >= 11 is 5.90. The number of carbonyl (C=O) groups is 1. The molecule has 1 N–H and O–H groups in total. The van der Waals surface area contributed by atoms with Gasteiger partial charge in [-0.1, -0.05) is 36.2 Å². The highest BCUT2D eigenvalue weighted by molar-refractivity contribution is 7.92. The Hall–Kier alpha value is -2.05. The van der Waals surface area contributed by atoms with Crippen LogP contribution in [0.5, 0.6) is 0 Å². The second-order valence-corrected chi connectivity index (χ2v) is 9.95. The van der Waals surface area contributed by atoms with Gasteiger partial charge in [-0.2, -0.15) is 0 Å². The van der Waals surface area contributed by atoms with Gasteiger partial charge in [-0.15, -0.1) is 0 Å². The Morgan fingerprint density at radius 3 is 2.36 bits per heavy atom. The van der Waals surface area contributed by atoms with Crippen molar-refractivity contribution in [2.45, 2.75) is 36.6 Å². The van der Waals surface area contributed by atoms with E-state index >= 15 is 0 Å². The zero-order valence-corrected chi connectivity index (χ0v) is 17.0. The van der Waals surface area contributed by atoms with Crippen molar-refractivity contribution in [2.75, 3.05) is 10.8 Å². The number of halogens is 1. The zero-order chi connectivity index (χ0) is 19.7. The predicted molar refractivity (Wildman–Crippen MR) is 110 cm³/mol. The standard InChI is InChI=1S/C21H23ClN2O3S/c22-17-8-10-19(11-9-17)28(26,27)24(18-4-2-1-3-5-18)14-21(25)23-20-13-15-6-7-16(20)12-15/h1-5,8-11,15-16,20H,6-7,12-14H2,(H,23,25). The average Bonchev–Trinajstić information content (AvgIpc) is 3.30. The molecule has 7 heteroatoms. The second-order valence-electron chi connectivity index (χ2n) is 7.65. The lowest BCUT2D eigenvalue weighted by Crippen LogP contribution is -2.45. The maximum absolute atomic E-state index is 13.2. The fraction of sp³-hybridized carbons (Fsp3) is 0.381. The molecule has 0 saturated heterocycles. The highest BCUT2D eigenvalue weighted by atomic mass is 35.5. The van der Waals surface area contributed by atoms with Crippen LogP contribution in [0.15, 0.2) is 59.5 Å². The summed E-state index contributed by atoms with van der Waals surface area (Å²) in [4.78, 5) is 12.9. The second kappa shape index (κ2) is 7.76. The van der Waals surface area contributed by atoms with E-state index in [-0.39, 0.29) is 23.4 Å². The first-order valence-electron chi connectivity index (χ1n) is 9.56. The van der Waals surface area contributed by atoms with Gasteiger partial charge in [0.2, 0.25) is 5.91 Å². The first-order chi connectivity index (χ1) is 13.4. The number of hydrogen-bond donors (Lipinski definition) is 1. The Balaban J connectivity index is 1.57. The molecule has 148 valence electrons. The molecule has 2 aromatic carbocycles. The van der Waals surface area contributed by atoms with E-state index in [2.05, 4.69) is 5.32 Å². The van der Waals surface area contributed by atoms with Gasteiger partial charge < -0.3 is 5.32 Å². The fourth-order valence-electron chi connectivity index (χ4n) is 4.45. The van der Waals surface area contributed by atoms with Crippen LogP contribution in [-0.2, 0) is 14.8 Å². The van der Waals surface area contributed by atoms with Crippen molar-refractivity contribution in [2.24, 2.45) is 11.8 Å². The summed E-state index contributed by atoms with van der Waals surface area (Å²) in [6.45, 7) is -0.247. The number of rotatable bonds is 6. The molecule has 4 rings (SSSR count). The Labute approximate surface area is 170 Å². The van der Waals surface area contributed by atoms with Crippen LogP contribution in [-0.4, -0.2) is 26.9 Å². The monoisotopic (exact) mass is 418 g/mol. The number of fused-ring (bicyclic) bond motifs is 2. The average molecular weight is 419 g/mol. The fourth-order valence-corrected chi connectivity index (χ4v) is 5.99. The molecule has 0 spiro atoms. The molecule has 28 heavy (non-hydrogen) atoms. The lowest BCUT2D eigenvalue weighted by atomic mass is 9.95. The molecule has 0 aromatic heterocycles. The molecular weight excluding hydrogens is 396 g/mol. The molecule has 2 aromatic rings. The molecule has 0 aliphatic heterocycles. The van der Waals surface area contributed by atoms with Gasteiger partial charge in [0.15, 0.2) is 0 Å². The van der Waals surface area contributed by atoms with E-state index in [1.165, 1.54) is 41.4 Å². The molecule has 5 nitrogen and oxygen atoms in total. The summed E-state index contributed by atoms with van der Waals surface area (Å²) < 4.78 is 27.7. The van der Waals surface area contributed by atoms with E-state index in [0.717, 1.165) is 12.8 Å². The third-order valence-corrected chi connectivity index (χ3v) is 7.86. The van der Waals surface area contributed by atoms with Crippen LogP contribution in [0.25, 0.3) is 0 Å². The molecule has 2 aliphatic rings. The summed E-state index contributed by atoms with van der Waals surface area (Å²) in [5, 5.41) is 3.53. The number of sulfonamides is 1. The quantitative estimate of drug-likeness (QED) is 0.775. The SMILES string of the molecule is O=C(CN(c1ccccc1)S(=O)(=O)c1ccc(Cl)cc1)NC1CC2CCC1C2. The van der Waals surface area contributed by atoms with Crippen molar-refractivity contribution in [1.82, 2.24) is 5.32 Å². The minimum absolute atomic E-state index is 0.105. The molecule has 0 radical (unpaired) electrons. The number of benzene rings is 2. The number of para-hydroxylation sites is 1. The molecule has 2 saturated carbocycles. The van der Waals surface area contributed by atoms with Crippen LogP contribution >= 0.6 is 11.6 Å². The van der Waals surface area contributed by atoms with E-state index in [1.807, 2.05) is 6.07 Å². The van der Waals surface area contributed by atoms with Crippen molar-refractivity contribution < 1.29 is 13.2 Å². The van der Waals surface area contributed by atoms with E-state index < -0.39 is 10.0 Å². The number of anilines is 1. The number of hydrogen-bond acceptors (Lipinski definition) is 3. The van der Waals surface area contributed by atoms with Gasteiger partial charge in [0, 0.05) is 11.1 Å². The topological polar surface area (TPSA) is 66.5 Å². The van der Waals surface area contributed by atoms with E-state index in [9.17, 15) is 13.2 Å². The highest BCUT2D eigenvalue weighted by Crippen LogP contribution is 2.44. The van der Waals surface area contributed by atoms with Gasteiger partial charge in [0.25, 0.3) is 10.0 Å². The van der Waals surface area contributed by atoms with E-state index in [1.54, 1.807) is 24.3 Å². The van der Waals surface area contributed by atoms with Crippen molar-refractivity contribution in [3.8, 4) is 0 Å². The van der Waals surface area contributed by atoms with Crippen molar-refractivity contribution >= 4 is 33.2 Å². The molecule has 2 bridgehead atoms. The van der Waals surface area contributed by atoms with Crippen LogP contribution < -0.4 is 9.62 Å². The normalized spacial score (nSPS) is 23.5. The van der Waals surface area contributed by atoms with E-state index in [4.69, 9.17) is 11.6 Å². The number of carbonyl (C=O) groups excluding carboxylic acids is 1. The van der Waals surface area contributed by atoms with Crippen LogP contribution in [0, 0.1) is 11.8 Å². The Kier molecular flexibility index (Phi) is 5.34. The molecule has 3 atom stereocenters. The lowest BCUT2D eigenvalue weighted by molar-refractivity contribution is -0.120. The van der Waals surface area contributed by atoms with Gasteiger partial charge >= 0.3 is 0 Å². The summed E-state index contributed by atoms with van der Waals surface area (Å²) in [5.41, 5.74) is 0.459. The molecule has 3 unspecified atom stereocenters. The number of amides is 1. The summed E-state index contributed by atoms with van der Waals surface area (Å²) in [5.74, 6) is 0.976. The predicted octanol–water partition coefficient (Wildman–Crippen LogP) is 3.84. The third kappa shape index (κ3) is 3.89. The van der Waals surface area contributed by atoms with Crippen LogP contribution in [0.2, 0.25) is 5.02 Å². The smallest absolute Gasteiger partial charge is 0.264 e. The van der Waals surface area contributed by atoms with Crippen LogP contribution in [0.4, 0.5) is 5.69 Å². The summed E-state index contributed by atoms with van der Waals surface area (Å²) in [6, 6.07) is 14.9. The minimum atomic E-state index is -3.90. The number of nitrogens with zero attached hydrogens (tertiary/aromatic N) is 1. The zero-order valence-electron chi connectivity index (χ0n) is 15.4. The molecule has 0 heterocycles. The van der Waals surface area contributed by atoms with Crippen LogP contribution in [0.3, 0.4) is 0 Å². The van der Waals surface area contributed by atoms with E-state index in [0.29, 0.717) is 22.5 Å². The lowest BCUT2D eigenvalue weighted by Gasteiger charge is -2.27. The Bertz CT molecular complexity index is 947. The minimum Gasteiger partial charge on any atom is -0.352 e. The summed E-state index contributed by atoms with van der Waals surface area (Å²) in [6.07, 6.45) is 4.58. The van der Waals surface area contributed by atoms with Crippen molar-refractivity contribution in [3.63, 3.8) is 0 Å². The maximum Gasteiger partial charge on any atom is 0.264 e. The first kappa shape index (κ1) is 19.3. The maximum atomic E-state index is 13.2. The Morgan fingerprint density at radius 2 is 1.75 bits per heavy atom. The summed E-state index contributed by atoms with van der Waals surface area (Å²) in [7, 11) is -3.90. The van der Waals surface area contributed by atoms with Crippen molar-refractivity contribution in [1.29, 1.82) is 0 Å². The molecule has 1 amide bonds. The molecular formula is C21H23ClN2O3S. The number of nitrogens with one attached hydrogen (secondary N) is 1. The van der Waals surface area contributed by atoms with Gasteiger partial charge in [-0.3, -0.25) is 9.10 Å². The highest BCUT2D eigenvalue weighted by Gasteiger charge is 2.40. The largest absolute Gasteiger partial charge is 0.352 e. The Morgan fingerprint density at radius 1 is 1.04 bits per heavy atom. The van der Waals surface area contributed by atoms with Gasteiger partial charge in [0.1, 0.15) is 6.54 Å². The van der Waals surface area contributed by atoms with Gasteiger partial charge in [-0.25, -0.2) is 8.42 Å². The van der Waals surface area contributed by atoms with Crippen molar-refractivity contribution in [3.05, 3.63) is 59.6 Å². The third-order valence-electron chi connectivity index (χ3n) is 5.82. The van der Waals surface area contributed by atoms with Gasteiger partial charge in [-0.05, 0) is 67.5 Å². The van der Waals surface area contributed by atoms with Gasteiger partial charge in [0.05, 0.1) is 10.6 Å².